The molecule has 0 aliphatic rings. The zero-order chi connectivity index (χ0) is 15.8. The summed E-state index contributed by atoms with van der Waals surface area (Å²) in [5, 5.41) is 14.1. The van der Waals surface area contributed by atoms with Crippen LogP contribution in [0.1, 0.15) is 5.56 Å². The Morgan fingerprint density at radius 3 is 2.33 bits per heavy atom. The van der Waals surface area contributed by atoms with Crippen molar-refractivity contribution in [2.24, 2.45) is 0 Å². The molecule has 0 unspecified atom stereocenters. The van der Waals surface area contributed by atoms with E-state index < -0.39 is 48.4 Å². The number of halogens is 3. The maximum atomic E-state index is 13.5. The Morgan fingerprint density at radius 1 is 1.33 bits per heavy atom. The molecule has 7 nitrogen and oxygen atoms in total. The maximum absolute atomic E-state index is 13.5. The number of rotatable bonds is 4. The second-order valence-electron chi connectivity index (χ2n) is 3.91. The second kappa shape index (κ2) is 5.37. The summed E-state index contributed by atoms with van der Waals surface area (Å²) in [6.07, 6.45) is 0.742. The lowest BCUT2D eigenvalue weighted by Crippen LogP contribution is -2.05. The third kappa shape index (κ3) is 3.16. The predicted octanol–water partition coefficient (Wildman–Crippen LogP) is 2.05. The number of benzene rings is 1. The molecule has 0 aliphatic carbocycles. The standard InChI is InChI=1S/C10H6ClF2N3O4S/c11-21(19,20)9-5-15(14-10(9)16(17)18)4-6-7(12)2-1-3-8(6)13/h1-3,5H,4H2. The van der Waals surface area contributed by atoms with Gasteiger partial charge in [-0.15, -0.1) is 0 Å². The van der Waals surface area contributed by atoms with Gasteiger partial charge in [0.05, 0.1) is 17.8 Å². The van der Waals surface area contributed by atoms with Crippen molar-refractivity contribution < 1.29 is 22.1 Å². The summed E-state index contributed by atoms with van der Waals surface area (Å²) in [6, 6.07) is 3.14. The van der Waals surface area contributed by atoms with E-state index in [-0.39, 0.29) is 0 Å². The highest BCUT2D eigenvalue weighted by Crippen LogP contribution is 2.25. The van der Waals surface area contributed by atoms with Gasteiger partial charge in [0.2, 0.25) is 4.90 Å². The normalized spacial score (nSPS) is 11.6. The van der Waals surface area contributed by atoms with Gasteiger partial charge in [-0.2, -0.15) is 4.68 Å². The van der Waals surface area contributed by atoms with Crippen LogP contribution in [0, 0.1) is 21.7 Å². The van der Waals surface area contributed by atoms with E-state index in [2.05, 4.69) is 5.10 Å². The Bertz CT molecular complexity index is 801. The van der Waals surface area contributed by atoms with Crippen LogP contribution in [0.2, 0.25) is 0 Å². The molecule has 0 saturated carbocycles. The third-order valence-corrected chi connectivity index (χ3v) is 3.84. The van der Waals surface area contributed by atoms with E-state index in [1.54, 1.807) is 0 Å². The number of hydrogen-bond donors (Lipinski definition) is 0. The number of nitrogens with zero attached hydrogens (tertiary/aromatic N) is 3. The van der Waals surface area contributed by atoms with Gasteiger partial charge < -0.3 is 10.1 Å². The summed E-state index contributed by atoms with van der Waals surface area (Å²) in [4.78, 5) is 8.83. The topological polar surface area (TPSA) is 95.1 Å². The molecule has 0 atom stereocenters. The summed E-state index contributed by atoms with van der Waals surface area (Å²) in [5.41, 5.74) is -0.409. The van der Waals surface area contributed by atoms with Crippen LogP contribution >= 0.6 is 10.7 Å². The lowest BCUT2D eigenvalue weighted by atomic mass is 10.2. The lowest BCUT2D eigenvalue weighted by Gasteiger charge is -2.01. The Labute approximate surface area is 121 Å². The molecule has 0 N–H and O–H groups in total. The van der Waals surface area contributed by atoms with Crippen LogP contribution < -0.4 is 0 Å². The summed E-state index contributed by atoms with van der Waals surface area (Å²) in [6.45, 7) is -0.522. The highest BCUT2D eigenvalue weighted by Gasteiger charge is 2.30. The lowest BCUT2D eigenvalue weighted by molar-refractivity contribution is -0.392. The fourth-order valence-electron chi connectivity index (χ4n) is 1.62. The number of aromatic nitrogens is 2. The van der Waals surface area contributed by atoms with Gasteiger partial charge in [0, 0.05) is 16.2 Å². The highest BCUT2D eigenvalue weighted by atomic mass is 35.7. The minimum absolute atomic E-state index is 0.409. The molecule has 0 fully saturated rings. The molecule has 21 heavy (non-hydrogen) atoms. The smallest absolute Gasteiger partial charge is 0.358 e. The summed E-state index contributed by atoms with van der Waals surface area (Å²) < 4.78 is 50.1. The van der Waals surface area contributed by atoms with E-state index in [1.807, 2.05) is 0 Å². The van der Waals surface area contributed by atoms with Gasteiger partial charge >= 0.3 is 5.82 Å². The molecule has 0 bridgehead atoms. The molecule has 1 heterocycles. The van der Waals surface area contributed by atoms with Crippen molar-refractivity contribution in [3.8, 4) is 0 Å². The second-order valence-corrected chi connectivity index (χ2v) is 6.44. The first-order chi connectivity index (χ1) is 9.70. The average Bonchev–Trinajstić information content (AvgIpc) is 2.78. The van der Waals surface area contributed by atoms with Crippen LogP contribution in [0.3, 0.4) is 0 Å². The first-order valence-electron chi connectivity index (χ1n) is 5.29. The summed E-state index contributed by atoms with van der Waals surface area (Å²) in [7, 11) is 0.642. The van der Waals surface area contributed by atoms with Crippen LogP contribution in [0.15, 0.2) is 29.3 Å². The van der Waals surface area contributed by atoms with Gasteiger partial charge in [-0.3, -0.25) is 0 Å². The zero-order valence-electron chi connectivity index (χ0n) is 10.0. The fraction of sp³-hybridized carbons (Fsp3) is 0.100. The Balaban J connectivity index is 2.50. The van der Waals surface area contributed by atoms with E-state index in [4.69, 9.17) is 10.7 Å². The van der Waals surface area contributed by atoms with Gasteiger partial charge in [-0.05, 0) is 17.1 Å². The molecule has 0 amide bonds. The van der Waals surface area contributed by atoms with Crippen molar-refractivity contribution in [3.05, 3.63) is 51.7 Å². The molecule has 1 aromatic carbocycles. The Hall–Kier alpha value is -2.07. The molecule has 1 aromatic heterocycles. The van der Waals surface area contributed by atoms with E-state index in [9.17, 15) is 27.3 Å². The van der Waals surface area contributed by atoms with Crippen molar-refractivity contribution in [2.45, 2.75) is 11.4 Å². The van der Waals surface area contributed by atoms with Crippen molar-refractivity contribution in [3.63, 3.8) is 0 Å². The van der Waals surface area contributed by atoms with E-state index in [0.717, 1.165) is 29.1 Å². The van der Waals surface area contributed by atoms with Crippen molar-refractivity contribution in [1.82, 2.24) is 9.78 Å². The summed E-state index contributed by atoms with van der Waals surface area (Å²) in [5.74, 6) is -2.78. The van der Waals surface area contributed by atoms with Crippen molar-refractivity contribution in [2.75, 3.05) is 0 Å². The molecule has 112 valence electrons. The molecule has 11 heteroatoms. The first kappa shape index (κ1) is 15.3. The van der Waals surface area contributed by atoms with Gasteiger partial charge in [0.15, 0.2) is 0 Å². The molecular weight excluding hydrogens is 332 g/mol. The monoisotopic (exact) mass is 337 g/mol. The quantitative estimate of drug-likeness (QED) is 0.483. The Morgan fingerprint density at radius 2 is 1.90 bits per heavy atom. The van der Waals surface area contributed by atoms with Gasteiger partial charge in [-0.1, -0.05) is 6.07 Å². The van der Waals surface area contributed by atoms with Gasteiger partial charge in [0.1, 0.15) is 11.6 Å². The molecule has 0 aliphatic heterocycles. The molecule has 2 aromatic rings. The minimum atomic E-state index is -4.41. The Kier molecular flexibility index (Phi) is 3.92. The molecule has 0 spiro atoms. The molecule has 0 saturated heterocycles. The fourth-order valence-corrected chi connectivity index (χ4v) is 2.53. The average molecular weight is 338 g/mol. The SMILES string of the molecule is O=[N+]([O-])c1nn(Cc2c(F)cccc2F)cc1S(=O)(=O)Cl. The van der Waals surface area contributed by atoms with E-state index in [0.29, 0.717) is 0 Å². The van der Waals surface area contributed by atoms with Crippen molar-refractivity contribution in [1.29, 1.82) is 0 Å². The van der Waals surface area contributed by atoms with Gasteiger partial charge in [0.25, 0.3) is 9.05 Å². The molecular formula is C10H6ClF2N3O4S. The minimum Gasteiger partial charge on any atom is -0.358 e. The van der Waals surface area contributed by atoms with Crippen LogP contribution in [0.4, 0.5) is 14.6 Å². The van der Waals surface area contributed by atoms with Crippen molar-refractivity contribution >= 4 is 25.6 Å². The highest BCUT2D eigenvalue weighted by molar-refractivity contribution is 8.13. The molecule has 0 radical (unpaired) electrons. The maximum Gasteiger partial charge on any atom is 0.410 e. The van der Waals surface area contributed by atoms with E-state index >= 15 is 0 Å². The zero-order valence-corrected chi connectivity index (χ0v) is 11.6. The van der Waals surface area contributed by atoms with Crippen LogP contribution in [0.25, 0.3) is 0 Å². The summed E-state index contributed by atoms with van der Waals surface area (Å²) >= 11 is 0. The van der Waals surface area contributed by atoms with Crippen LogP contribution in [-0.2, 0) is 15.6 Å². The van der Waals surface area contributed by atoms with Crippen LogP contribution in [0.5, 0.6) is 0 Å². The predicted molar refractivity (Wildman–Crippen MR) is 67.4 cm³/mol. The van der Waals surface area contributed by atoms with E-state index in [1.165, 1.54) is 0 Å². The first-order valence-corrected chi connectivity index (χ1v) is 7.60. The van der Waals surface area contributed by atoms with Crippen LogP contribution in [-0.4, -0.2) is 23.1 Å². The number of nitro groups is 1. The largest absolute Gasteiger partial charge is 0.410 e. The molecule has 2 rings (SSSR count). The van der Waals surface area contributed by atoms with Gasteiger partial charge in [-0.25, -0.2) is 17.2 Å². The number of hydrogen-bond acceptors (Lipinski definition) is 5. The third-order valence-electron chi connectivity index (χ3n) is 2.53.